The zero-order chi connectivity index (χ0) is 57.0. The average molecular weight is 1110 g/mol. The highest BCUT2D eigenvalue weighted by molar-refractivity contribution is 7.20. The van der Waals surface area contributed by atoms with Gasteiger partial charge in [0, 0.05) is 17.0 Å². The minimum atomic E-state index is -6.13. The molecule has 6 aromatic carbocycles. The third-order valence-electron chi connectivity index (χ3n) is 11.6. The lowest BCUT2D eigenvalue weighted by Gasteiger charge is -2.46. The lowest BCUT2D eigenvalue weighted by atomic mass is 9.12. The van der Waals surface area contributed by atoms with Crippen LogP contribution in [0.3, 0.4) is 0 Å². The van der Waals surface area contributed by atoms with E-state index >= 15 is 0 Å². The van der Waals surface area contributed by atoms with Gasteiger partial charge in [-0.1, -0.05) is 78.9 Å². The Bertz CT molecular complexity index is 2860. The van der Waals surface area contributed by atoms with Crippen LogP contribution < -0.4 is 26.4 Å². The van der Waals surface area contributed by atoms with Gasteiger partial charge >= 0.3 is 49.4 Å². The number of alkyl halides is 24. The van der Waals surface area contributed by atoms with Gasteiger partial charge in [-0.3, -0.25) is 0 Å². The van der Waals surface area contributed by atoms with Gasteiger partial charge in [0.25, 0.3) is 0 Å². The number of fused-ring (bicyclic) bond motifs is 1. The first kappa shape index (κ1) is 57.9. The second-order valence-corrected chi connectivity index (χ2v) is 16.8. The molecule has 0 saturated heterocycles. The Morgan fingerprint density at radius 1 is 0.342 bits per heavy atom. The van der Waals surface area contributed by atoms with Crippen molar-refractivity contribution in [1.82, 2.24) is 0 Å². The first-order valence-electron chi connectivity index (χ1n) is 20.8. The summed E-state index contributed by atoms with van der Waals surface area (Å²) in [7, 11) is 0. The number of halogens is 24. The van der Waals surface area contributed by atoms with Gasteiger partial charge in [0.2, 0.25) is 0 Å². The van der Waals surface area contributed by atoms with Gasteiger partial charge in [-0.2, -0.15) is 132 Å². The summed E-state index contributed by atoms with van der Waals surface area (Å²) in [6.07, 6.45) is -50.6. The standard InChI is InChI=1S/C32H12BF24.C17H13N2/c34-25(35,36)13-1-14(26(37,38)39)6-21(5-13)33(22-7-15(27(40,41)42)2-16(8-22)28(43,44)45,23-9-17(29(46,47)48)3-18(10-23)30(49,50)51)24-11-19(31(52,53)54)4-20(12-24)32(55,56)57;18-11-15-6-7-17-13-19(9-8-16(17)10-15)12-14-4-2-1-3-5-14/h1-12H;1-10,13H,12H2/q-1;+1. The molecule has 0 aliphatic rings. The smallest absolute Gasteiger partial charge is 0.200 e. The van der Waals surface area contributed by atoms with Crippen molar-refractivity contribution in [2.75, 3.05) is 0 Å². The lowest BCUT2D eigenvalue weighted by Crippen LogP contribution is -2.75. The van der Waals surface area contributed by atoms with Crippen molar-refractivity contribution in [2.24, 2.45) is 0 Å². The largest absolute Gasteiger partial charge is 0.416 e. The predicted molar refractivity (Wildman–Crippen MR) is 224 cm³/mol. The highest BCUT2D eigenvalue weighted by atomic mass is 19.4. The lowest BCUT2D eigenvalue weighted by molar-refractivity contribution is -0.687. The van der Waals surface area contributed by atoms with Crippen LogP contribution in [0.25, 0.3) is 10.8 Å². The summed E-state index contributed by atoms with van der Waals surface area (Å²) in [4.78, 5) is 0. The number of nitrogens with zero attached hydrogens (tertiary/aromatic N) is 2. The molecule has 0 fully saturated rings. The van der Waals surface area contributed by atoms with Crippen LogP contribution in [0, 0.1) is 11.3 Å². The highest BCUT2D eigenvalue weighted by Gasteiger charge is 2.47. The Labute approximate surface area is 411 Å². The summed E-state index contributed by atoms with van der Waals surface area (Å²) < 4.78 is 343. The number of pyridine rings is 1. The molecule has 7 aromatic rings. The van der Waals surface area contributed by atoms with Gasteiger partial charge in [-0.15, -0.1) is 0 Å². The van der Waals surface area contributed by atoms with Crippen LogP contribution in [0.4, 0.5) is 105 Å². The molecule has 0 N–H and O–H groups in total. The number of nitriles is 1. The van der Waals surface area contributed by atoms with E-state index in [2.05, 4.69) is 53.4 Å². The summed E-state index contributed by atoms with van der Waals surface area (Å²) in [5.74, 6) is 0. The SMILES string of the molecule is FC(F)(F)c1cc([B-](c2cc(C(F)(F)F)cc(C(F)(F)F)c2)(c2cc(C(F)(F)F)cc(C(F)(F)F)c2)c2cc(C(F)(F)F)cc(C(F)(F)F)c2)cc(C(F)(F)F)c1.N#Cc1ccc2c[n+](Cc3ccccc3)ccc2c1. The fraction of sp³-hybridized carbons (Fsp3) is 0.184. The van der Waals surface area contributed by atoms with E-state index in [-0.39, 0.29) is 0 Å². The summed E-state index contributed by atoms with van der Waals surface area (Å²) in [6, 6.07) is 11.6. The minimum Gasteiger partial charge on any atom is -0.200 e. The van der Waals surface area contributed by atoms with Crippen molar-refractivity contribution >= 4 is 38.8 Å². The molecule has 0 aliphatic heterocycles. The summed E-state index contributed by atoms with van der Waals surface area (Å²) in [5.41, 5.74) is -28.2. The van der Waals surface area contributed by atoms with Gasteiger partial charge in [-0.25, -0.2) is 4.57 Å². The molecule has 76 heavy (non-hydrogen) atoms. The molecular weight excluding hydrogens is 1080 g/mol. The molecule has 27 heteroatoms. The number of benzene rings is 6. The van der Waals surface area contributed by atoms with E-state index in [1.807, 2.05) is 24.3 Å². The molecule has 0 radical (unpaired) electrons. The maximum absolute atomic E-state index is 14.2. The zero-order valence-electron chi connectivity index (χ0n) is 37.0. The van der Waals surface area contributed by atoms with Gasteiger partial charge < -0.3 is 0 Å². The van der Waals surface area contributed by atoms with Crippen molar-refractivity contribution in [3.05, 3.63) is 195 Å². The van der Waals surface area contributed by atoms with Crippen molar-refractivity contribution in [1.29, 1.82) is 5.26 Å². The molecular formula is C49H25BF24N2. The van der Waals surface area contributed by atoms with Crippen LogP contribution in [0.5, 0.6) is 0 Å². The number of aromatic nitrogens is 1. The third kappa shape index (κ3) is 13.0. The summed E-state index contributed by atoms with van der Waals surface area (Å²) >= 11 is 0. The molecule has 0 atom stereocenters. The Balaban J connectivity index is 0.000000408. The van der Waals surface area contributed by atoms with Crippen LogP contribution >= 0.6 is 0 Å². The normalized spacial score (nSPS) is 13.3. The van der Waals surface area contributed by atoms with Crippen LogP contribution in [0.1, 0.15) is 55.6 Å². The molecule has 0 saturated carbocycles. The van der Waals surface area contributed by atoms with E-state index < -0.39 is 195 Å². The number of hydrogen-bond donors (Lipinski definition) is 0. The van der Waals surface area contributed by atoms with Crippen molar-refractivity contribution < 1.29 is 110 Å². The maximum atomic E-state index is 14.2. The first-order valence-corrected chi connectivity index (χ1v) is 20.8. The predicted octanol–water partition coefficient (Wildman–Crippen LogP) is 14.3. The van der Waals surface area contributed by atoms with E-state index in [4.69, 9.17) is 5.26 Å². The van der Waals surface area contributed by atoms with E-state index in [1.54, 1.807) is 0 Å². The molecule has 0 amide bonds. The van der Waals surface area contributed by atoms with Crippen molar-refractivity contribution in [3.8, 4) is 6.07 Å². The molecule has 402 valence electrons. The molecule has 2 nitrogen and oxygen atoms in total. The number of rotatable bonds is 6. The molecule has 0 bridgehead atoms. The Morgan fingerprint density at radius 3 is 0.895 bits per heavy atom. The Morgan fingerprint density at radius 2 is 0.632 bits per heavy atom. The molecule has 0 unspecified atom stereocenters. The minimum absolute atomic E-state index is 0.691. The van der Waals surface area contributed by atoms with Crippen LogP contribution in [0.15, 0.2) is 140 Å². The molecule has 1 aromatic heterocycles. The Kier molecular flexibility index (Phi) is 15.2. The first-order chi connectivity index (χ1) is 34.6. The van der Waals surface area contributed by atoms with Crippen molar-refractivity contribution in [2.45, 2.75) is 56.0 Å². The quantitative estimate of drug-likeness (QED) is 0.0926. The van der Waals surface area contributed by atoms with E-state index in [9.17, 15) is 105 Å². The van der Waals surface area contributed by atoms with E-state index in [0.717, 1.165) is 17.3 Å². The highest BCUT2D eigenvalue weighted by Crippen LogP contribution is 2.41. The van der Waals surface area contributed by atoms with Gasteiger partial charge in [0.15, 0.2) is 18.9 Å². The fourth-order valence-electron chi connectivity index (χ4n) is 8.27. The van der Waals surface area contributed by atoms with Gasteiger partial charge in [0.1, 0.15) is 6.15 Å². The second-order valence-electron chi connectivity index (χ2n) is 16.8. The molecule has 0 spiro atoms. The molecule has 1 heterocycles. The van der Waals surface area contributed by atoms with Gasteiger partial charge in [-0.05, 0) is 47.9 Å². The van der Waals surface area contributed by atoms with E-state index in [0.29, 0.717) is 5.56 Å². The Hall–Kier alpha value is -7.40. The third-order valence-corrected chi connectivity index (χ3v) is 11.6. The second kappa shape index (κ2) is 20.0. The van der Waals surface area contributed by atoms with Crippen LogP contribution in [0.2, 0.25) is 0 Å². The topological polar surface area (TPSA) is 27.7 Å². The number of hydrogen-bond acceptors (Lipinski definition) is 1. The molecule has 7 rings (SSSR count). The fourth-order valence-corrected chi connectivity index (χ4v) is 8.27. The zero-order valence-corrected chi connectivity index (χ0v) is 37.0. The monoisotopic (exact) mass is 1110 g/mol. The summed E-state index contributed by atoms with van der Waals surface area (Å²) in [6.45, 7) is 0.858. The average Bonchev–Trinajstić information content (AvgIpc) is 3.29. The van der Waals surface area contributed by atoms with Gasteiger partial charge in [0.05, 0.1) is 56.1 Å². The van der Waals surface area contributed by atoms with E-state index in [1.165, 1.54) is 5.56 Å². The summed E-state index contributed by atoms with van der Waals surface area (Å²) in [5, 5.41) is 11.1. The van der Waals surface area contributed by atoms with Crippen molar-refractivity contribution in [3.63, 3.8) is 0 Å². The van der Waals surface area contributed by atoms with Crippen LogP contribution in [-0.4, -0.2) is 6.15 Å². The van der Waals surface area contributed by atoms with Crippen LogP contribution in [-0.2, 0) is 56.0 Å². The maximum Gasteiger partial charge on any atom is 0.416 e. The molecule has 0 aliphatic carbocycles.